The van der Waals surface area contributed by atoms with Gasteiger partial charge in [-0.15, -0.1) is 11.3 Å². The van der Waals surface area contributed by atoms with E-state index in [1.165, 1.54) is 35.6 Å². The van der Waals surface area contributed by atoms with Crippen LogP contribution < -0.4 is 19.1 Å². The van der Waals surface area contributed by atoms with Gasteiger partial charge in [0.05, 0.1) is 30.0 Å². The van der Waals surface area contributed by atoms with Crippen molar-refractivity contribution in [3.05, 3.63) is 59.8 Å². The highest BCUT2D eigenvalue weighted by Gasteiger charge is 2.30. The molecule has 12 heteroatoms. The molecule has 3 aromatic heterocycles. The van der Waals surface area contributed by atoms with E-state index in [1.54, 1.807) is 25.4 Å². The molecular weight excluding hydrogens is 525 g/mol. The van der Waals surface area contributed by atoms with E-state index in [2.05, 4.69) is 19.9 Å². The number of aryl methyl sites for hydroxylation is 2. The molecule has 0 aliphatic carbocycles. The number of hydrogen-bond acceptors (Lipinski definition) is 10. The molecule has 39 heavy (non-hydrogen) atoms. The van der Waals surface area contributed by atoms with Gasteiger partial charge in [0.1, 0.15) is 15.2 Å². The van der Waals surface area contributed by atoms with Crippen molar-refractivity contribution in [1.82, 2.24) is 19.9 Å². The van der Waals surface area contributed by atoms with E-state index in [0.717, 1.165) is 11.3 Å². The number of ether oxygens (including phenoxy) is 4. The molecule has 1 aliphatic heterocycles. The first-order chi connectivity index (χ1) is 18.8. The molecule has 1 atom stereocenters. The van der Waals surface area contributed by atoms with Crippen molar-refractivity contribution >= 4 is 44.4 Å². The zero-order chi connectivity index (χ0) is 27.3. The summed E-state index contributed by atoms with van der Waals surface area (Å²) in [5.41, 5.74) is 4.44. The Hall–Kier alpha value is -4.58. The molecule has 4 heterocycles. The number of rotatable bonds is 4. The molecule has 0 spiro atoms. The molecule has 1 aliphatic rings. The lowest BCUT2D eigenvalue weighted by atomic mass is 10.1. The molecule has 0 radical (unpaired) electrons. The Morgan fingerprint density at radius 1 is 1.15 bits per heavy atom. The molecule has 1 amide bonds. The standard InChI is InChI=1S/C27H22FN5O5S/c1-13-7-16(22-18(8-13)31-20(35-4)11-30-22)26-32-23-17(28)10-19-24(25(23)39-26)36-12-21(37-19)38-27(34)33(3)15-5-6-29-14(2)9-15/h5-11,21H,12H2,1-4H3/t21-/m1/s1. The number of amides is 1. The van der Waals surface area contributed by atoms with Gasteiger partial charge in [0, 0.05) is 30.6 Å². The maximum Gasteiger partial charge on any atom is 0.417 e. The van der Waals surface area contributed by atoms with E-state index in [4.69, 9.17) is 18.9 Å². The van der Waals surface area contributed by atoms with Gasteiger partial charge in [0.25, 0.3) is 6.29 Å². The quantitative estimate of drug-likeness (QED) is 0.291. The van der Waals surface area contributed by atoms with Gasteiger partial charge in [-0.1, -0.05) is 0 Å². The second-order valence-electron chi connectivity index (χ2n) is 8.93. The summed E-state index contributed by atoms with van der Waals surface area (Å²) in [7, 11) is 3.10. The second-order valence-corrected chi connectivity index (χ2v) is 9.93. The molecular formula is C27H22FN5O5S. The van der Waals surface area contributed by atoms with Crippen LogP contribution in [-0.2, 0) is 4.74 Å². The van der Waals surface area contributed by atoms with Gasteiger partial charge in [0.15, 0.2) is 23.9 Å². The normalized spacial score (nSPS) is 14.4. The first kappa shape index (κ1) is 24.7. The second kappa shape index (κ2) is 9.62. The minimum atomic E-state index is -1.06. The molecule has 2 aromatic carbocycles. The highest BCUT2D eigenvalue weighted by atomic mass is 32.1. The molecule has 0 N–H and O–H groups in total. The summed E-state index contributed by atoms with van der Waals surface area (Å²) < 4.78 is 38.1. The smallest absolute Gasteiger partial charge is 0.417 e. The van der Waals surface area contributed by atoms with Crippen LogP contribution in [0.2, 0.25) is 0 Å². The Balaban J connectivity index is 1.30. The Morgan fingerprint density at radius 3 is 2.79 bits per heavy atom. The lowest BCUT2D eigenvalue weighted by Gasteiger charge is -2.28. The van der Waals surface area contributed by atoms with Gasteiger partial charge in [0.2, 0.25) is 5.88 Å². The highest BCUT2D eigenvalue weighted by molar-refractivity contribution is 7.22. The van der Waals surface area contributed by atoms with Crippen molar-refractivity contribution in [3.8, 4) is 28.0 Å². The molecule has 6 rings (SSSR count). The van der Waals surface area contributed by atoms with Crippen molar-refractivity contribution in [2.24, 2.45) is 0 Å². The summed E-state index contributed by atoms with van der Waals surface area (Å²) in [4.78, 5) is 31.7. The van der Waals surface area contributed by atoms with Crippen molar-refractivity contribution in [1.29, 1.82) is 0 Å². The number of aromatic nitrogens is 4. The third kappa shape index (κ3) is 4.52. The predicted octanol–water partition coefficient (Wildman–Crippen LogP) is 5.44. The predicted molar refractivity (Wildman–Crippen MR) is 143 cm³/mol. The number of hydrogen-bond donors (Lipinski definition) is 0. The van der Waals surface area contributed by atoms with E-state index in [-0.39, 0.29) is 17.9 Å². The van der Waals surface area contributed by atoms with Crippen molar-refractivity contribution in [2.45, 2.75) is 20.1 Å². The highest BCUT2D eigenvalue weighted by Crippen LogP contribution is 2.45. The molecule has 0 unspecified atom stereocenters. The fourth-order valence-corrected chi connectivity index (χ4v) is 5.35. The van der Waals surface area contributed by atoms with Crippen LogP contribution in [0.1, 0.15) is 11.3 Å². The number of carbonyl (C=O) groups excluding carboxylic acids is 1. The van der Waals surface area contributed by atoms with E-state index in [1.807, 2.05) is 26.0 Å². The Labute approximate surface area is 226 Å². The van der Waals surface area contributed by atoms with Gasteiger partial charge < -0.3 is 18.9 Å². The Bertz CT molecular complexity index is 1760. The number of anilines is 1. The molecule has 10 nitrogen and oxygen atoms in total. The molecule has 0 saturated carbocycles. The van der Waals surface area contributed by atoms with E-state index in [0.29, 0.717) is 43.6 Å². The molecule has 198 valence electrons. The average Bonchev–Trinajstić information content (AvgIpc) is 3.38. The first-order valence-corrected chi connectivity index (χ1v) is 12.7. The molecule has 0 fully saturated rings. The maximum absolute atomic E-state index is 15.2. The van der Waals surface area contributed by atoms with Crippen LogP contribution in [0.5, 0.6) is 17.4 Å². The number of carbonyl (C=O) groups is 1. The van der Waals surface area contributed by atoms with E-state index in [9.17, 15) is 4.79 Å². The van der Waals surface area contributed by atoms with Gasteiger partial charge in [-0.05, 0) is 43.7 Å². The SMILES string of the molecule is COc1cnc2c(-c3nc4c(F)cc5c(c4s3)OC[C@@H](OC(=O)N(C)c3ccnc(C)c3)O5)cc(C)cc2n1. The van der Waals surface area contributed by atoms with Gasteiger partial charge in [-0.3, -0.25) is 9.88 Å². The van der Waals surface area contributed by atoms with Crippen LogP contribution in [0.3, 0.4) is 0 Å². The van der Waals surface area contributed by atoms with Crippen molar-refractivity contribution < 1.29 is 28.1 Å². The largest absolute Gasteiger partial charge is 0.480 e. The van der Waals surface area contributed by atoms with Crippen molar-refractivity contribution in [3.63, 3.8) is 0 Å². The summed E-state index contributed by atoms with van der Waals surface area (Å²) in [6.07, 6.45) is 1.42. The molecule has 5 aromatic rings. The van der Waals surface area contributed by atoms with Crippen LogP contribution in [0.25, 0.3) is 31.8 Å². The third-order valence-corrected chi connectivity index (χ3v) is 7.23. The van der Waals surface area contributed by atoms with Gasteiger partial charge >= 0.3 is 6.09 Å². The lowest BCUT2D eigenvalue weighted by molar-refractivity contribution is -0.0719. The first-order valence-electron chi connectivity index (χ1n) is 11.9. The Kier molecular flexibility index (Phi) is 6.10. The summed E-state index contributed by atoms with van der Waals surface area (Å²) in [6.45, 7) is 3.68. The number of nitrogens with zero attached hydrogens (tertiary/aromatic N) is 5. The number of pyridine rings is 1. The van der Waals surface area contributed by atoms with Crippen LogP contribution in [0.15, 0.2) is 42.7 Å². The van der Waals surface area contributed by atoms with Gasteiger partial charge in [-0.25, -0.2) is 24.1 Å². The van der Waals surface area contributed by atoms with Crippen molar-refractivity contribution in [2.75, 3.05) is 25.7 Å². The monoisotopic (exact) mass is 547 g/mol. The van der Waals surface area contributed by atoms with Crippen LogP contribution in [0, 0.1) is 19.7 Å². The number of benzene rings is 2. The Morgan fingerprint density at radius 2 is 2.00 bits per heavy atom. The number of methoxy groups -OCH3 is 1. The zero-order valence-corrected chi connectivity index (χ0v) is 22.2. The average molecular weight is 548 g/mol. The fraction of sp³-hybridized carbons (Fsp3) is 0.222. The fourth-order valence-electron chi connectivity index (χ4n) is 4.27. The maximum atomic E-state index is 15.2. The number of fused-ring (bicyclic) bond motifs is 4. The van der Waals surface area contributed by atoms with Gasteiger partial charge in [-0.2, -0.15) is 0 Å². The zero-order valence-electron chi connectivity index (χ0n) is 21.4. The summed E-state index contributed by atoms with van der Waals surface area (Å²) in [5, 5.41) is 0.553. The lowest BCUT2D eigenvalue weighted by Crippen LogP contribution is -2.38. The minimum absolute atomic E-state index is 0.0748. The molecule has 0 saturated heterocycles. The summed E-state index contributed by atoms with van der Waals surface area (Å²) in [5.74, 6) is 0.271. The number of thiazole rings is 1. The third-order valence-electron chi connectivity index (χ3n) is 6.15. The topological polar surface area (TPSA) is 109 Å². The summed E-state index contributed by atoms with van der Waals surface area (Å²) in [6, 6.07) is 8.46. The summed E-state index contributed by atoms with van der Waals surface area (Å²) >= 11 is 1.25. The molecule has 0 bridgehead atoms. The van der Waals surface area contributed by atoms with E-state index >= 15 is 4.39 Å². The van der Waals surface area contributed by atoms with Crippen LogP contribution in [0.4, 0.5) is 14.9 Å². The van der Waals surface area contributed by atoms with E-state index < -0.39 is 18.2 Å². The van der Waals surface area contributed by atoms with Crippen LogP contribution >= 0.6 is 11.3 Å². The minimum Gasteiger partial charge on any atom is -0.480 e. The number of halogens is 1. The van der Waals surface area contributed by atoms with Crippen LogP contribution in [-0.4, -0.2) is 53.1 Å².